The van der Waals surface area contributed by atoms with E-state index in [1.165, 1.54) is 0 Å². The Balaban J connectivity index is 2.29. The van der Waals surface area contributed by atoms with Crippen molar-refractivity contribution < 1.29 is 19.4 Å². The van der Waals surface area contributed by atoms with Gasteiger partial charge in [0.15, 0.2) is 6.29 Å². The average molecular weight is 447 g/mol. The van der Waals surface area contributed by atoms with Crippen molar-refractivity contribution >= 4 is 23.7 Å². The Labute approximate surface area is 191 Å². The van der Waals surface area contributed by atoms with Crippen LogP contribution in [0.15, 0.2) is 23.8 Å². The largest absolute Gasteiger partial charge is 0.507 e. The van der Waals surface area contributed by atoms with Crippen LogP contribution in [-0.4, -0.2) is 23.8 Å². The second-order valence-electron chi connectivity index (χ2n) is 8.69. The molecule has 5 heteroatoms. The van der Waals surface area contributed by atoms with Crippen LogP contribution in [0, 0.1) is 24.7 Å². The van der Waals surface area contributed by atoms with Crippen LogP contribution in [0.4, 0.5) is 0 Å². The molecule has 2 rings (SSSR count). The summed E-state index contributed by atoms with van der Waals surface area (Å²) >= 11 is 6.50. The Morgan fingerprint density at radius 2 is 2.03 bits per heavy atom. The van der Waals surface area contributed by atoms with Gasteiger partial charge in [0, 0.05) is 17.9 Å². The third kappa shape index (κ3) is 6.00. The molecule has 0 aromatic heterocycles. The minimum Gasteiger partial charge on any atom is -0.507 e. The summed E-state index contributed by atoms with van der Waals surface area (Å²) in [6.45, 7) is 10.5. The number of halogens is 1. The van der Waals surface area contributed by atoms with Gasteiger partial charge in [-0.3, -0.25) is 9.59 Å². The summed E-state index contributed by atoms with van der Waals surface area (Å²) in [5.74, 6) is 1.47. The van der Waals surface area contributed by atoms with Crippen molar-refractivity contribution in [3.63, 3.8) is 0 Å². The number of rotatable bonds is 9. The van der Waals surface area contributed by atoms with E-state index in [2.05, 4.69) is 19.9 Å². The Kier molecular flexibility index (Phi) is 9.36. The maximum Gasteiger partial charge on any atom is 0.154 e. The zero-order chi connectivity index (χ0) is 23.1. The highest BCUT2D eigenvalue weighted by molar-refractivity contribution is 6.33. The highest BCUT2D eigenvalue weighted by Gasteiger charge is 2.31. The number of benzene rings is 1. The van der Waals surface area contributed by atoms with Gasteiger partial charge in [0.1, 0.15) is 17.3 Å². The van der Waals surface area contributed by atoms with E-state index in [1.807, 2.05) is 26.0 Å². The van der Waals surface area contributed by atoms with Gasteiger partial charge >= 0.3 is 0 Å². The maximum atomic E-state index is 12.1. The minimum atomic E-state index is -0.0726. The van der Waals surface area contributed by atoms with Gasteiger partial charge in [-0.05, 0) is 50.5 Å². The average Bonchev–Trinajstić information content (AvgIpc) is 2.74. The molecule has 1 aromatic rings. The van der Waals surface area contributed by atoms with E-state index in [0.717, 1.165) is 24.8 Å². The molecular weight excluding hydrogens is 412 g/mol. The smallest absolute Gasteiger partial charge is 0.154 e. The molecule has 170 valence electrons. The summed E-state index contributed by atoms with van der Waals surface area (Å²) < 4.78 is 5.90. The zero-order valence-electron chi connectivity index (χ0n) is 19.3. The van der Waals surface area contributed by atoms with Gasteiger partial charge < -0.3 is 9.84 Å². The molecule has 0 aliphatic heterocycles. The number of phenols is 1. The summed E-state index contributed by atoms with van der Waals surface area (Å²) in [6.07, 6.45) is 10.6. The third-order valence-corrected chi connectivity index (χ3v) is 6.86. The van der Waals surface area contributed by atoms with Crippen molar-refractivity contribution in [1.29, 1.82) is 0 Å². The number of carbonyl (C=O) groups excluding carboxylic acids is 2. The van der Waals surface area contributed by atoms with Crippen LogP contribution in [0.1, 0.15) is 74.9 Å². The quantitative estimate of drug-likeness (QED) is 0.262. The Bertz CT molecular complexity index is 869. The molecule has 0 bridgehead atoms. The number of allylic oxidation sites excluding steroid dienone is 4. The number of carbonyl (C=O) groups is 2. The van der Waals surface area contributed by atoms with Crippen LogP contribution in [0.25, 0.3) is 0 Å². The van der Waals surface area contributed by atoms with Crippen LogP contribution in [-0.2, 0) is 11.2 Å². The first-order valence-electron chi connectivity index (χ1n) is 11.2. The van der Waals surface area contributed by atoms with Crippen molar-refractivity contribution in [2.24, 2.45) is 17.8 Å². The fourth-order valence-electron chi connectivity index (χ4n) is 4.12. The molecule has 0 amide bonds. The molecule has 1 fully saturated rings. The summed E-state index contributed by atoms with van der Waals surface area (Å²) in [7, 11) is 0. The van der Waals surface area contributed by atoms with E-state index in [9.17, 15) is 14.7 Å². The number of aldehydes is 1. The molecule has 3 atom stereocenters. The second kappa shape index (κ2) is 11.5. The summed E-state index contributed by atoms with van der Waals surface area (Å²) in [5, 5.41) is 11.1. The Hall–Kier alpha value is -2.07. The molecule has 4 nitrogen and oxygen atoms in total. The highest BCUT2D eigenvalue weighted by atomic mass is 35.5. The van der Waals surface area contributed by atoms with Gasteiger partial charge in [0.2, 0.25) is 0 Å². The summed E-state index contributed by atoms with van der Waals surface area (Å²) in [6, 6.07) is 0. The van der Waals surface area contributed by atoms with E-state index < -0.39 is 0 Å². The number of hydrogen-bond acceptors (Lipinski definition) is 4. The minimum absolute atomic E-state index is 0.0430. The number of ketones is 1. The third-order valence-electron chi connectivity index (χ3n) is 6.41. The lowest BCUT2D eigenvalue weighted by molar-refractivity contribution is -0.126. The molecule has 0 spiro atoms. The molecule has 1 N–H and O–H groups in total. The van der Waals surface area contributed by atoms with Crippen molar-refractivity contribution in [2.45, 2.75) is 66.7 Å². The van der Waals surface area contributed by atoms with Gasteiger partial charge in [0.05, 0.1) is 17.2 Å². The molecule has 0 saturated heterocycles. The molecule has 1 aliphatic rings. The number of aromatic hydroxyl groups is 1. The molecule has 0 heterocycles. The van der Waals surface area contributed by atoms with E-state index in [-0.39, 0.29) is 23.1 Å². The molecule has 1 aliphatic carbocycles. The maximum absolute atomic E-state index is 12.1. The number of hydrogen-bond donors (Lipinski definition) is 1. The molecule has 0 radical (unpaired) electrons. The zero-order valence-corrected chi connectivity index (χ0v) is 20.1. The predicted octanol–water partition coefficient (Wildman–Crippen LogP) is 6.64. The Morgan fingerprint density at radius 1 is 1.32 bits per heavy atom. The summed E-state index contributed by atoms with van der Waals surface area (Å²) in [4.78, 5) is 23.6. The molecule has 1 aromatic carbocycles. The predicted molar refractivity (Wildman–Crippen MR) is 126 cm³/mol. The van der Waals surface area contributed by atoms with Gasteiger partial charge in [-0.1, -0.05) is 62.6 Å². The summed E-state index contributed by atoms with van der Waals surface area (Å²) in [5.41, 5.74) is 2.26. The topological polar surface area (TPSA) is 63.6 Å². The van der Waals surface area contributed by atoms with Crippen LogP contribution in [0.5, 0.6) is 11.5 Å². The molecule has 1 saturated carbocycles. The van der Waals surface area contributed by atoms with Crippen molar-refractivity contribution in [3.8, 4) is 11.5 Å². The first kappa shape index (κ1) is 25.2. The van der Waals surface area contributed by atoms with Crippen molar-refractivity contribution in [1.82, 2.24) is 0 Å². The monoisotopic (exact) mass is 446 g/mol. The van der Waals surface area contributed by atoms with Crippen LogP contribution in [0.3, 0.4) is 0 Å². The lowest BCUT2D eigenvalue weighted by atomic mass is 9.72. The number of unbranched alkanes of at least 4 members (excludes halogenated alkanes) is 1. The first-order chi connectivity index (χ1) is 14.7. The van der Waals surface area contributed by atoms with E-state index >= 15 is 0 Å². The van der Waals surface area contributed by atoms with E-state index in [0.29, 0.717) is 59.3 Å². The van der Waals surface area contributed by atoms with Crippen LogP contribution in [0.2, 0.25) is 5.02 Å². The van der Waals surface area contributed by atoms with Gasteiger partial charge in [-0.15, -0.1) is 0 Å². The van der Waals surface area contributed by atoms with Gasteiger partial charge in [-0.25, -0.2) is 0 Å². The van der Waals surface area contributed by atoms with Crippen molar-refractivity contribution in [3.05, 3.63) is 45.5 Å². The molecular formula is C26H35ClO4. The second-order valence-corrected chi connectivity index (χ2v) is 9.07. The molecule has 31 heavy (non-hydrogen) atoms. The Morgan fingerprint density at radius 3 is 2.68 bits per heavy atom. The van der Waals surface area contributed by atoms with Crippen molar-refractivity contribution in [2.75, 3.05) is 6.61 Å². The standard InChI is InChI=1S/C26H35ClO4/c1-6-7-14-31-26-21(25(30)22(15-28)19(5)24(26)27)12-9-16(2)8-11-20-17(3)10-13-23(29)18(20)4/h8-9,11,15,17-18,20,30H,6-7,10,12-14H2,1-5H3/b11-8+,16-9-. The molecule has 3 unspecified atom stereocenters. The lowest BCUT2D eigenvalue weighted by Crippen LogP contribution is -2.30. The normalized spacial score (nSPS) is 22.2. The van der Waals surface area contributed by atoms with Crippen LogP contribution < -0.4 is 4.74 Å². The highest BCUT2D eigenvalue weighted by Crippen LogP contribution is 2.41. The number of phenolic OH excluding ortho intramolecular Hbond substituents is 1. The fraction of sp³-hybridized carbons (Fsp3) is 0.538. The first-order valence-corrected chi connectivity index (χ1v) is 11.6. The van der Waals surface area contributed by atoms with E-state index in [4.69, 9.17) is 16.3 Å². The van der Waals surface area contributed by atoms with Gasteiger partial charge in [0.25, 0.3) is 0 Å². The number of Topliss-reactive ketones (excluding diaryl/α,β-unsaturated/α-hetero) is 1. The lowest BCUT2D eigenvalue weighted by Gasteiger charge is -2.31. The van der Waals surface area contributed by atoms with Gasteiger partial charge in [-0.2, -0.15) is 0 Å². The number of ether oxygens (including phenoxy) is 1. The fourth-order valence-corrected chi connectivity index (χ4v) is 4.39. The van der Waals surface area contributed by atoms with E-state index in [1.54, 1.807) is 6.92 Å². The SMILES string of the molecule is CCCCOc1c(Cl)c(C)c(C=O)c(O)c1C/C=C(C)\C=C\C1C(C)CCC(=O)C1C. The van der Waals surface area contributed by atoms with Crippen LogP contribution >= 0.6 is 11.6 Å².